The molecule has 0 spiro atoms. The summed E-state index contributed by atoms with van der Waals surface area (Å²) in [5.74, 6) is -0.140. The van der Waals surface area contributed by atoms with Crippen LogP contribution in [0.2, 0.25) is 0 Å². The second-order valence-corrected chi connectivity index (χ2v) is 4.36. The maximum Gasteiger partial charge on any atom is 0.291 e. The number of isocyanates is 1. The van der Waals surface area contributed by atoms with Crippen LogP contribution >= 0.6 is 0 Å². The van der Waals surface area contributed by atoms with Crippen molar-refractivity contribution in [2.24, 2.45) is 4.99 Å². The highest BCUT2D eigenvalue weighted by atomic mass is 16.3. The van der Waals surface area contributed by atoms with Gasteiger partial charge in [0.1, 0.15) is 5.58 Å². The third-order valence-electron chi connectivity index (χ3n) is 2.93. The molecule has 0 saturated carbocycles. The summed E-state index contributed by atoms with van der Waals surface area (Å²) < 4.78 is 5.48. The molecule has 0 saturated heterocycles. The van der Waals surface area contributed by atoms with Crippen molar-refractivity contribution in [2.45, 2.75) is 0 Å². The number of anilines is 1. The molecule has 5 nitrogen and oxygen atoms in total. The summed E-state index contributed by atoms with van der Waals surface area (Å²) >= 11 is 0. The normalized spacial score (nSPS) is 10.1. The monoisotopic (exact) mass is 278 g/mol. The Hall–Kier alpha value is -3.17. The molecule has 3 rings (SSSR count). The van der Waals surface area contributed by atoms with Crippen molar-refractivity contribution < 1.29 is 14.0 Å². The first-order valence-corrected chi connectivity index (χ1v) is 6.24. The molecular weight excluding hydrogens is 268 g/mol. The molecule has 21 heavy (non-hydrogen) atoms. The van der Waals surface area contributed by atoms with Crippen molar-refractivity contribution in [3.05, 3.63) is 60.4 Å². The van der Waals surface area contributed by atoms with Crippen LogP contribution in [-0.2, 0) is 4.79 Å². The van der Waals surface area contributed by atoms with E-state index in [2.05, 4.69) is 10.3 Å². The van der Waals surface area contributed by atoms with Crippen molar-refractivity contribution in [3.8, 4) is 0 Å². The van der Waals surface area contributed by atoms with Crippen molar-refractivity contribution in [1.29, 1.82) is 0 Å². The molecule has 0 fully saturated rings. The molecule has 102 valence electrons. The Morgan fingerprint density at radius 2 is 1.95 bits per heavy atom. The topological polar surface area (TPSA) is 71.7 Å². The molecule has 0 aliphatic heterocycles. The molecule has 3 aromatic rings. The smallest absolute Gasteiger partial charge is 0.291 e. The largest absolute Gasteiger partial charge is 0.451 e. The standard InChI is InChI=1S/C16H10N2O3/c19-10-17-12-5-3-6-13(9-12)18-16(20)15-8-11-4-1-2-7-14(11)21-15/h1-9H,(H,18,20). The molecule has 0 radical (unpaired) electrons. The molecule has 0 unspecified atom stereocenters. The van der Waals surface area contributed by atoms with Crippen LogP contribution in [-0.4, -0.2) is 12.0 Å². The van der Waals surface area contributed by atoms with E-state index in [9.17, 15) is 9.59 Å². The van der Waals surface area contributed by atoms with Crippen molar-refractivity contribution in [3.63, 3.8) is 0 Å². The van der Waals surface area contributed by atoms with Gasteiger partial charge in [-0.1, -0.05) is 24.3 Å². The lowest BCUT2D eigenvalue weighted by Crippen LogP contribution is -2.10. The van der Waals surface area contributed by atoms with Gasteiger partial charge in [-0.25, -0.2) is 4.79 Å². The number of fused-ring (bicyclic) bond motifs is 1. The van der Waals surface area contributed by atoms with E-state index >= 15 is 0 Å². The summed E-state index contributed by atoms with van der Waals surface area (Å²) in [6.45, 7) is 0. The number of rotatable bonds is 3. The molecule has 0 bridgehead atoms. The van der Waals surface area contributed by atoms with Crippen LogP contribution in [0.4, 0.5) is 11.4 Å². The number of nitrogens with one attached hydrogen (secondary N) is 1. The fourth-order valence-corrected chi connectivity index (χ4v) is 1.99. The molecule has 1 aromatic heterocycles. The number of para-hydroxylation sites is 1. The van der Waals surface area contributed by atoms with Crippen LogP contribution in [0.15, 0.2) is 64.0 Å². The van der Waals surface area contributed by atoms with Crippen LogP contribution in [0.25, 0.3) is 11.0 Å². The fourth-order valence-electron chi connectivity index (χ4n) is 1.99. The van der Waals surface area contributed by atoms with Crippen molar-refractivity contribution in [2.75, 3.05) is 5.32 Å². The number of aliphatic imine (C=N–C) groups is 1. The lowest BCUT2D eigenvalue weighted by molar-refractivity contribution is 0.0998. The van der Waals surface area contributed by atoms with E-state index in [1.165, 1.54) is 6.08 Å². The van der Waals surface area contributed by atoms with Gasteiger partial charge in [0.2, 0.25) is 6.08 Å². The van der Waals surface area contributed by atoms with Gasteiger partial charge in [-0.15, -0.1) is 0 Å². The minimum Gasteiger partial charge on any atom is -0.451 e. The second-order valence-electron chi connectivity index (χ2n) is 4.36. The zero-order valence-corrected chi connectivity index (χ0v) is 10.9. The number of furan rings is 1. The van der Waals surface area contributed by atoms with E-state index < -0.39 is 0 Å². The number of nitrogens with zero attached hydrogens (tertiary/aromatic N) is 1. The first-order chi connectivity index (χ1) is 10.3. The Kier molecular flexibility index (Phi) is 3.33. The van der Waals surface area contributed by atoms with Gasteiger partial charge < -0.3 is 9.73 Å². The molecule has 1 heterocycles. The SMILES string of the molecule is O=C=Nc1cccc(NC(=O)c2cc3ccccc3o2)c1. The first kappa shape index (κ1) is 12.8. The van der Waals surface area contributed by atoms with Crippen molar-refractivity contribution >= 4 is 34.3 Å². The Labute approximate surface area is 119 Å². The van der Waals surface area contributed by atoms with Gasteiger partial charge in [-0.05, 0) is 30.3 Å². The van der Waals surface area contributed by atoms with Gasteiger partial charge in [0.05, 0.1) is 5.69 Å². The van der Waals surface area contributed by atoms with Gasteiger partial charge in [0.15, 0.2) is 5.76 Å². The highest BCUT2D eigenvalue weighted by Crippen LogP contribution is 2.21. The lowest BCUT2D eigenvalue weighted by atomic mass is 10.2. The molecule has 1 N–H and O–H groups in total. The third-order valence-corrected chi connectivity index (χ3v) is 2.93. The molecule has 2 aromatic carbocycles. The summed E-state index contributed by atoms with van der Waals surface area (Å²) in [7, 11) is 0. The Morgan fingerprint density at radius 3 is 2.76 bits per heavy atom. The van der Waals surface area contributed by atoms with E-state index in [1.54, 1.807) is 36.4 Å². The number of hydrogen-bond donors (Lipinski definition) is 1. The number of benzene rings is 2. The highest BCUT2D eigenvalue weighted by Gasteiger charge is 2.12. The summed E-state index contributed by atoms with van der Waals surface area (Å²) in [5, 5.41) is 3.56. The number of carbonyl (C=O) groups excluding carboxylic acids is 2. The van der Waals surface area contributed by atoms with Crippen LogP contribution in [0.1, 0.15) is 10.6 Å². The maximum absolute atomic E-state index is 12.1. The van der Waals surface area contributed by atoms with Gasteiger partial charge in [-0.3, -0.25) is 4.79 Å². The van der Waals surface area contributed by atoms with E-state index in [0.717, 1.165) is 5.39 Å². The Morgan fingerprint density at radius 1 is 1.10 bits per heavy atom. The Bertz CT molecular complexity index is 828. The summed E-state index contributed by atoms with van der Waals surface area (Å²) in [6, 6.07) is 15.7. The average Bonchev–Trinajstić information content (AvgIpc) is 2.92. The predicted molar refractivity (Wildman–Crippen MR) is 78.4 cm³/mol. The minimum absolute atomic E-state index is 0.223. The number of amides is 1. The molecule has 1 amide bonds. The first-order valence-electron chi connectivity index (χ1n) is 6.24. The molecule has 0 aliphatic rings. The highest BCUT2D eigenvalue weighted by molar-refractivity contribution is 6.04. The van der Waals surface area contributed by atoms with Crippen LogP contribution in [0, 0.1) is 0 Å². The summed E-state index contributed by atoms with van der Waals surface area (Å²) in [5.41, 5.74) is 1.60. The molecular formula is C16H10N2O3. The molecule has 5 heteroatoms. The second kappa shape index (κ2) is 5.45. The zero-order chi connectivity index (χ0) is 14.7. The van der Waals surface area contributed by atoms with Crippen LogP contribution in [0.3, 0.4) is 0 Å². The summed E-state index contributed by atoms with van der Waals surface area (Å²) in [4.78, 5) is 25.9. The predicted octanol–water partition coefficient (Wildman–Crippen LogP) is 3.65. The molecule has 0 aliphatic carbocycles. The van der Waals surface area contributed by atoms with Crippen LogP contribution in [0.5, 0.6) is 0 Å². The number of hydrogen-bond acceptors (Lipinski definition) is 4. The van der Waals surface area contributed by atoms with Gasteiger partial charge in [-0.2, -0.15) is 4.99 Å². The van der Waals surface area contributed by atoms with Crippen LogP contribution < -0.4 is 5.32 Å². The minimum atomic E-state index is -0.363. The van der Waals surface area contributed by atoms with E-state index in [0.29, 0.717) is 17.0 Å². The van der Waals surface area contributed by atoms with Crippen molar-refractivity contribution in [1.82, 2.24) is 0 Å². The lowest BCUT2D eigenvalue weighted by Gasteiger charge is -2.03. The summed E-state index contributed by atoms with van der Waals surface area (Å²) in [6.07, 6.45) is 1.46. The quantitative estimate of drug-likeness (QED) is 0.587. The maximum atomic E-state index is 12.1. The average molecular weight is 278 g/mol. The van der Waals surface area contributed by atoms with Gasteiger partial charge in [0, 0.05) is 11.1 Å². The fraction of sp³-hybridized carbons (Fsp3) is 0. The molecule has 0 atom stereocenters. The zero-order valence-electron chi connectivity index (χ0n) is 10.9. The van der Waals surface area contributed by atoms with Gasteiger partial charge >= 0.3 is 0 Å². The number of carbonyl (C=O) groups is 1. The van der Waals surface area contributed by atoms with E-state index in [1.807, 2.05) is 18.2 Å². The van der Waals surface area contributed by atoms with Gasteiger partial charge in [0.25, 0.3) is 5.91 Å². The van der Waals surface area contributed by atoms with E-state index in [4.69, 9.17) is 4.42 Å². The third kappa shape index (κ3) is 2.73. The van der Waals surface area contributed by atoms with E-state index in [-0.39, 0.29) is 11.7 Å². The Balaban J connectivity index is 1.85.